The van der Waals surface area contributed by atoms with Crippen LogP contribution in [0.25, 0.3) is 0 Å². The SMILES string of the molecule is COc1ccc(NC(=S)NC(=O)CN2C(=O)c3ccccc3C2=O)cc1. The van der Waals surface area contributed by atoms with Crippen molar-refractivity contribution in [3.63, 3.8) is 0 Å². The van der Waals surface area contributed by atoms with E-state index in [-0.39, 0.29) is 5.11 Å². The van der Waals surface area contributed by atoms with Crippen LogP contribution in [-0.2, 0) is 4.79 Å². The van der Waals surface area contributed by atoms with Gasteiger partial charge in [-0.25, -0.2) is 0 Å². The second-order valence-corrected chi connectivity index (χ2v) is 5.88. The molecule has 2 aromatic carbocycles. The number of nitrogens with zero attached hydrogens (tertiary/aromatic N) is 1. The standard InChI is InChI=1S/C18H15N3O4S/c1-25-12-8-6-11(7-9-12)19-18(26)20-15(22)10-21-16(23)13-4-2-3-5-14(13)17(21)24/h2-9H,10H2,1H3,(H2,19,20,22,26). The first-order valence-corrected chi connectivity index (χ1v) is 8.10. The van der Waals surface area contributed by atoms with Crippen LogP contribution in [0.1, 0.15) is 20.7 Å². The molecular weight excluding hydrogens is 354 g/mol. The fourth-order valence-electron chi connectivity index (χ4n) is 2.53. The molecule has 0 spiro atoms. The number of ether oxygens (including phenoxy) is 1. The van der Waals surface area contributed by atoms with Gasteiger partial charge in [0.2, 0.25) is 5.91 Å². The summed E-state index contributed by atoms with van der Waals surface area (Å²) in [6.07, 6.45) is 0. The number of hydrogen-bond donors (Lipinski definition) is 2. The zero-order valence-corrected chi connectivity index (χ0v) is 14.6. The Balaban J connectivity index is 1.58. The van der Waals surface area contributed by atoms with Gasteiger partial charge in [-0.1, -0.05) is 12.1 Å². The molecule has 0 fully saturated rings. The van der Waals surface area contributed by atoms with Gasteiger partial charge < -0.3 is 15.4 Å². The van der Waals surface area contributed by atoms with Crippen LogP contribution in [0.2, 0.25) is 0 Å². The van der Waals surface area contributed by atoms with Crippen LogP contribution in [0, 0.1) is 0 Å². The van der Waals surface area contributed by atoms with Gasteiger partial charge in [-0.3, -0.25) is 19.3 Å². The molecular formula is C18H15N3O4S. The summed E-state index contributed by atoms with van der Waals surface area (Å²) in [5, 5.41) is 5.37. The topological polar surface area (TPSA) is 87.7 Å². The molecule has 132 valence electrons. The van der Waals surface area contributed by atoms with E-state index in [1.54, 1.807) is 55.6 Å². The quantitative estimate of drug-likeness (QED) is 0.631. The molecule has 0 radical (unpaired) electrons. The molecule has 0 bridgehead atoms. The number of carbonyl (C=O) groups is 3. The Morgan fingerprint density at radius 2 is 1.62 bits per heavy atom. The Kier molecular flexibility index (Phi) is 4.94. The van der Waals surface area contributed by atoms with Crippen molar-refractivity contribution < 1.29 is 19.1 Å². The second-order valence-electron chi connectivity index (χ2n) is 5.47. The van der Waals surface area contributed by atoms with E-state index in [9.17, 15) is 14.4 Å². The van der Waals surface area contributed by atoms with Crippen molar-refractivity contribution in [3.05, 3.63) is 59.7 Å². The Morgan fingerprint density at radius 1 is 1.04 bits per heavy atom. The average Bonchev–Trinajstić information content (AvgIpc) is 2.87. The summed E-state index contributed by atoms with van der Waals surface area (Å²) in [6, 6.07) is 13.4. The molecule has 8 heteroatoms. The van der Waals surface area contributed by atoms with Gasteiger partial charge in [-0.05, 0) is 48.6 Å². The molecule has 2 N–H and O–H groups in total. The number of thiocarbonyl (C=S) groups is 1. The van der Waals surface area contributed by atoms with Crippen LogP contribution in [-0.4, -0.2) is 41.4 Å². The maximum absolute atomic E-state index is 12.2. The first-order chi connectivity index (χ1) is 12.5. The molecule has 0 atom stereocenters. The van der Waals surface area contributed by atoms with Crippen molar-refractivity contribution in [2.75, 3.05) is 19.0 Å². The third-order valence-electron chi connectivity index (χ3n) is 3.78. The Bertz CT molecular complexity index is 861. The molecule has 1 heterocycles. The van der Waals surface area contributed by atoms with Crippen LogP contribution in [0.3, 0.4) is 0 Å². The number of rotatable bonds is 4. The van der Waals surface area contributed by atoms with Crippen molar-refractivity contribution in [1.29, 1.82) is 0 Å². The molecule has 3 rings (SSSR count). The van der Waals surface area contributed by atoms with Gasteiger partial charge in [-0.15, -0.1) is 0 Å². The lowest BCUT2D eigenvalue weighted by Crippen LogP contribution is -2.43. The Hall–Kier alpha value is -3.26. The van der Waals surface area contributed by atoms with Crippen LogP contribution in [0.15, 0.2) is 48.5 Å². The van der Waals surface area contributed by atoms with Crippen molar-refractivity contribution in [2.24, 2.45) is 0 Å². The Morgan fingerprint density at radius 3 is 2.15 bits per heavy atom. The number of fused-ring (bicyclic) bond motifs is 1. The monoisotopic (exact) mass is 369 g/mol. The van der Waals surface area contributed by atoms with Gasteiger partial charge in [0.05, 0.1) is 18.2 Å². The summed E-state index contributed by atoms with van der Waals surface area (Å²) >= 11 is 5.08. The number of benzene rings is 2. The van der Waals surface area contributed by atoms with E-state index in [2.05, 4.69) is 10.6 Å². The fraction of sp³-hybridized carbons (Fsp3) is 0.111. The molecule has 2 aromatic rings. The van der Waals surface area contributed by atoms with Crippen LogP contribution in [0.5, 0.6) is 5.75 Å². The summed E-state index contributed by atoms with van der Waals surface area (Å²) in [5.41, 5.74) is 1.25. The summed E-state index contributed by atoms with van der Waals surface area (Å²) in [6.45, 7) is -0.406. The minimum atomic E-state index is -0.564. The largest absolute Gasteiger partial charge is 0.497 e. The highest BCUT2D eigenvalue weighted by molar-refractivity contribution is 7.80. The molecule has 26 heavy (non-hydrogen) atoms. The number of anilines is 1. The van der Waals surface area contributed by atoms with Crippen molar-refractivity contribution in [2.45, 2.75) is 0 Å². The number of imide groups is 1. The molecule has 0 unspecified atom stereocenters. The highest BCUT2D eigenvalue weighted by Crippen LogP contribution is 2.22. The summed E-state index contributed by atoms with van der Waals surface area (Å²) in [5.74, 6) is -0.855. The van der Waals surface area contributed by atoms with Gasteiger partial charge >= 0.3 is 0 Å². The molecule has 0 saturated carbocycles. The molecule has 7 nitrogen and oxygen atoms in total. The van der Waals surface area contributed by atoms with Crippen LogP contribution >= 0.6 is 12.2 Å². The summed E-state index contributed by atoms with van der Waals surface area (Å²) in [4.78, 5) is 37.5. The minimum Gasteiger partial charge on any atom is -0.497 e. The maximum Gasteiger partial charge on any atom is 0.262 e. The molecule has 1 aliphatic heterocycles. The van der Waals surface area contributed by atoms with E-state index >= 15 is 0 Å². The zero-order chi connectivity index (χ0) is 18.7. The molecule has 3 amide bonds. The first-order valence-electron chi connectivity index (χ1n) is 7.69. The third kappa shape index (κ3) is 3.55. The van der Waals surface area contributed by atoms with Gasteiger partial charge in [0.25, 0.3) is 11.8 Å². The minimum absolute atomic E-state index is 0.0665. The number of methoxy groups -OCH3 is 1. The lowest BCUT2D eigenvalue weighted by Gasteiger charge is -2.14. The molecule has 0 saturated heterocycles. The predicted octanol–water partition coefficient (Wildman–Crippen LogP) is 1.80. The maximum atomic E-state index is 12.2. The van der Waals surface area contributed by atoms with Crippen LogP contribution in [0.4, 0.5) is 5.69 Å². The van der Waals surface area contributed by atoms with Gasteiger partial charge in [0.1, 0.15) is 12.3 Å². The second kappa shape index (κ2) is 7.32. The molecule has 1 aliphatic rings. The van der Waals surface area contributed by atoms with Crippen molar-refractivity contribution in [1.82, 2.24) is 10.2 Å². The van der Waals surface area contributed by atoms with E-state index in [1.165, 1.54) is 0 Å². The smallest absolute Gasteiger partial charge is 0.262 e. The molecule has 0 aliphatic carbocycles. The highest BCUT2D eigenvalue weighted by atomic mass is 32.1. The lowest BCUT2D eigenvalue weighted by molar-refractivity contribution is -0.120. The van der Waals surface area contributed by atoms with E-state index in [0.717, 1.165) is 4.90 Å². The zero-order valence-electron chi connectivity index (χ0n) is 13.8. The fourth-order valence-corrected chi connectivity index (χ4v) is 2.76. The van der Waals surface area contributed by atoms with E-state index < -0.39 is 24.3 Å². The Labute approximate surface area is 154 Å². The van der Waals surface area contributed by atoms with E-state index in [0.29, 0.717) is 22.6 Å². The summed E-state index contributed by atoms with van der Waals surface area (Å²) in [7, 11) is 1.56. The number of hydrogen-bond acceptors (Lipinski definition) is 5. The number of nitrogens with one attached hydrogen (secondary N) is 2. The lowest BCUT2D eigenvalue weighted by atomic mass is 10.1. The van der Waals surface area contributed by atoms with E-state index in [1.807, 2.05) is 0 Å². The highest BCUT2D eigenvalue weighted by Gasteiger charge is 2.36. The van der Waals surface area contributed by atoms with E-state index in [4.69, 9.17) is 17.0 Å². The van der Waals surface area contributed by atoms with Crippen LogP contribution < -0.4 is 15.4 Å². The van der Waals surface area contributed by atoms with Crippen molar-refractivity contribution >= 4 is 40.7 Å². The number of amides is 3. The van der Waals surface area contributed by atoms with Crippen molar-refractivity contribution in [3.8, 4) is 5.75 Å². The van der Waals surface area contributed by atoms with Gasteiger partial charge in [-0.2, -0.15) is 0 Å². The van der Waals surface area contributed by atoms with Gasteiger partial charge in [0, 0.05) is 5.69 Å². The normalized spacial score (nSPS) is 12.6. The first kappa shape index (κ1) is 17.6. The number of carbonyl (C=O) groups excluding carboxylic acids is 3. The molecule has 0 aromatic heterocycles. The third-order valence-corrected chi connectivity index (χ3v) is 3.98. The average molecular weight is 369 g/mol. The summed E-state index contributed by atoms with van der Waals surface area (Å²) < 4.78 is 5.06. The van der Waals surface area contributed by atoms with Gasteiger partial charge in [0.15, 0.2) is 5.11 Å². The predicted molar refractivity (Wildman–Crippen MR) is 99.2 cm³/mol.